The number of amides is 3. The summed E-state index contributed by atoms with van der Waals surface area (Å²) in [5.74, 6) is -1.92. The van der Waals surface area contributed by atoms with E-state index in [1.54, 1.807) is 61.6 Å². The van der Waals surface area contributed by atoms with E-state index in [0.717, 1.165) is 16.7 Å². The summed E-state index contributed by atoms with van der Waals surface area (Å²) in [6, 6.07) is 10.9. The Hall–Kier alpha value is -4.51. The van der Waals surface area contributed by atoms with Crippen molar-refractivity contribution in [2.24, 2.45) is 11.8 Å². The average Bonchev–Trinajstić information content (AvgIpc) is 3.96. The molecule has 0 radical (unpaired) electrons. The molecule has 3 aliphatic heterocycles. The topological polar surface area (TPSA) is 182 Å². The molecule has 3 amide bonds. The van der Waals surface area contributed by atoms with Crippen LogP contribution in [0.15, 0.2) is 60.2 Å². The SMILES string of the molecule is COc1cc2cc(c1-c1ccc(NC(=O)CCC(C)SSC(C)CCC(=O)O)cc1)N(C)C(=O)C[C@H](OC(=O)C(C)C)[C@]1(C)O[C@H]1[C@H](C)[C@@H]1C[C@@H](NC(=O)O1)[C@H](OC)/C=C/C=C(\C)C2. The van der Waals surface area contributed by atoms with E-state index in [2.05, 4.69) is 17.6 Å². The number of carbonyl (C=O) groups excluding carboxylic acids is 4. The van der Waals surface area contributed by atoms with Crippen LogP contribution < -0.4 is 20.3 Å². The van der Waals surface area contributed by atoms with Gasteiger partial charge in [0.05, 0.1) is 43.4 Å². The van der Waals surface area contributed by atoms with E-state index in [1.807, 2.05) is 82.3 Å². The van der Waals surface area contributed by atoms with Crippen molar-refractivity contribution in [3.63, 3.8) is 0 Å². The number of rotatable bonds is 15. The van der Waals surface area contributed by atoms with Crippen molar-refractivity contribution in [2.75, 3.05) is 31.5 Å². The number of epoxide rings is 1. The molecule has 350 valence electrons. The number of fused-ring (bicyclic) bond motifs is 5. The highest BCUT2D eigenvalue weighted by atomic mass is 33.1. The lowest BCUT2D eigenvalue weighted by Crippen LogP contribution is -2.53. The van der Waals surface area contributed by atoms with Gasteiger partial charge in [0.25, 0.3) is 0 Å². The molecule has 0 aliphatic carbocycles. The average molecular weight is 924 g/mol. The van der Waals surface area contributed by atoms with Gasteiger partial charge in [0.1, 0.15) is 23.6 Å². The molecule has 4 bridgehead atoms. The summed E-state index contributed by atoms with van der Waals surface area (Å²) in [4.78, 5) is 66.2. The Balaban J connectivity index is 1.44. The van der Waals surface area contributed by atoms with Gasteiger partial charge in [-0.3, -0.25) is 19.2 Å². The first-order valence-electron chi connectivity index (χ1n) is 22.0. The number of allylic oxidation sites excluding steroid dienone is 3. The Bertz CT molecular complexity index is 2060. The molecule has 2 saturated heterocycles. The summed E-state index contributed by atoms with van der Waals surface area (Å²) in [5.41, 5.74) is 3.46. The van der Waals surface area contributed by atoms with E-state index < -0.39 is 54.0 Å². The standard InChI is InChI=1S/C48H65N3O11S2/c1-27(2)46(56)61-40-26-42(53)51(8)36-23-32(22-28(3)12-11-13-37(58-9)35-25-38(60-47(57)50-35)31(6)45-48(40,7)62-45)24-39(59-10)44(36)33-16-18-34(19-17-33)49-41(52)20-14-29(4)63-64-30(5)15-21-43(54)55/h11-13,16-19,23-24,27,29-31,35,37-38,40,45H,14-15,20-22,25-26H2,1-10H3,(H,49,52)(H,50,57)(H,54,55)/b13-11+,28-12+/t29?,30?,31-,35-,37-,38+,40+,45+,48+/m1/s1. The van der Waals surface area contributed by atoms with Crippen LogP contribution in [0.5, 0.6) is 5.75 Å². The fraction of sp³-hybridized carbons (Fsp3) is 0.562. The molecule has 14 nitrogen and oxygen atoms in total. The van der Waals surface area contributed by atoms with Gasteiger partial charge < -0.3 is 44.3 Å². The van der Waals surface area contributed by atoms with E-state index in [9.17, 15) is 24.0 Å². The molecule has 0 saturated carbocycles. The van der Waals surface area contributed by atoms with E-state index in [4.69, 9.17) is 28.8 Å². The van der Waals surface area contributed by atoms with Gasteiger partial charge >= 0.3 is 18.0 Å². The Kier molecular flexibility index (Phi) is 17.8. The van der Waals surface area contributed by atoms with E-state index >= 15 is 0 Å². The smallest absolute Gasteiger partial charge is 0.407 e. The van der Waals surface area contributed by atoms with Crippen molar-refractivity contribution in [2.45, 2.75) is 140 Å². The monoisotopic (exact) mass is 923 g/mol. The summed E-state index contributed by atoms with van der Waals surface area (Å²) < 4.78 is 30.1. The van der Waals surface area contributed by atoms with Gasteiger partial charge in [-0.05, 0) is 68.5 Å². The second-order valence-corrected chi connectivity index (χ2v) is 20.8. The van der Waals surface area contributed by atoms with Crippen LogP contribution in [0.3, 0.4) is 0 Å². The van der Waals surface area contributed by atoms with Crippen LogP contribution in [-0.4, -0.2) is 103 Å². The predicted octanol–water partition coefficient (Wildman–Crippen LogP) is 8.76. The molecule has 0 aromatic heterocycles. The molecule has 5 rings (SSSR count). The molecule has 2 aromatic carbocycles. The van der Waals surface area contributed by atoms with Crippen LogP contribution in [0.4, 0.5) is 16.2 Å². The maximum absolute atomic E-state index is 14.6. The Morgan fingerprint density at radius 2 is 1.70 bits per heavy atom. The zero-order valence-corrected chi connectivity index (χ0v) is 40.3. The highest BCUT2D eigenvalue weighted by molar-refractivity contribution is 8.77. The number of alkyl carbamates (subject to hydrolysis) is 1. The second-order valence-electron chi connectivity index (χ2n) is 17.6. The zero-order chi connectivity index (χ0) is 46.9. The molecule has 2 fully saturated rings. The van der Waals surface area contributed by atoms with Crippen LogP contribution in [0.25, 0.3) is 11.1 Å². The highest BCUT2D eigenvalue weighted by Crippen LogP contribution is 2.49. The van der Waals surface area contributed by atoms with Crippen LogP contribution in [0.1, 0.15) is 92.6 Å². The Morgan fingerprint density at radius 1 is 1.03 bits per heavy atom. The van der Waals surface area contributed by atoms with Crippen molar-refractivity contribution in [3.05, 3.63) is 65.8 Å². The van der Waals surface area contributed by atoms with Crippen molar-refractivity contribution in [3.8, 4) is 16.9 Å². The van der Waals surface area contributed by atoms with E-state index in [0.29, 0.717) is 54.8 Å². The van der Waals surface area contributed by atoms with Gasteiger partial charge in [-0.2, -0.15) is 0 Å². The maximum Gasteiger partial charge on any atom is 0.407 e. The number of nitrogens with zero attached hydrogens (tertiary/aromatic N) is 1. The fourth-order valence-electron chi connectivity index (χ4n) is 8.06. The second kappa shape index (κ2) is 22.6. The number of esters is 1. The quantitative estimate of drug-likeness (QED) is 0.0877. The van der Waals surface area contributed by atoms with Crippen molar-refractivity contribution < 1.29 is 52.8 Å². The first-order valence-corrected chi connectivity index (χ1v) is 24.2. The van der Waals surface area contributed by atoms with E-state index in [1.165, 1.54) is 0 Å². The number of carbonyl (C=O) groups is 5. The molecule has 3 heterocycles. The number of carboxylic acids is 1. The first kappa shape index (κ1) is 50.5. The predicted molar refractivity (Wildman–Crippen MR) is 252 cm³/mol. The largest absolute Gasteiger partial charge is 0.496 e. The number of carboxylic acid groups (broad SMARTS) is 1. The number of methoxy groups -OCH3 is 2. The number of hydrogen-bond donors (Lipinski definition) is 3. The van der Waals surface area contributed by atoms with Gasteiger partial charge in [-0.25, -0.2) is 4.79 Å². The molecule has 3 N–H and O–H groups in total. The van der Waals surface area contributed by atoms with Crippen molar-refractivity contribution in [1.82, 2.24) is 5.32 Å². The van der Waals surface area contributed by atoms with E-state index in [-0.39, 0.29) is 47.1 Å². The zero-order valence-electron chi connectivity index (χ0n) is 38.6. The Morgan fingerprint density at radius 3 is 2.33 bits per heavy atom. The molecule has 0 spiro atoms. The molecule has 64 heavy (non-hydrogen) atoms. The van der Waals surface area contributed by atoms with Crippen molar-refractivity contribution >= 4 is 62.8 Å². The number of aliphatic carboxylic acids is 1. The minimum absolute atomic E-state index is 0.117. The van der Waals surface area contributed by atoms with Crippen LogP contribution >= 0.6 is 21.6 Å². The molecule has 3 aliphatic rings. The molecular weight excluding hydrogens is 859 g/mol. The minimum Gasteiger partial charge on any atom is -0.496 e. The Labute approximate surface area is 385 Å². The number of nitrogens with one attached hydrogen (secondary N) is 2. The summed E-state index contributed by atoms with van der Waals surface area (Å²) in [6.45, 7) is 13.3. The number of hydrogen-bond acceptors (Lipinski definition) is 12. The number of ether oxygens (including phenoxy) is 5. The lowest BCUT2D eigenvalue weighted by atomic mass is 9.84. The summed E-state index contributed by atoms with van der Waals surface area (Å²) >= 11 is 0. The third-order valence-corrected chi connectivity index (χ3v) is 15.6. The van der Waals surface area contributed by atoms with Gasteiger partial charge in [-0.15, -0.1) is 0 Å². The summed E-state index contributed by atoms with van der Waals surface area (Å²) in [6.07, 6.45) is 5.36. The summed E-state index contributed by atoms with van der Waals surface area (Å²) in [7, 11) is 8.20. The molecule has 9 atom stereocenters. The number of anilines is 2. The van der Waals surface area contributed by atoms with Gasteiger partial charge in [0, 0.05) is 61.1 Å². The fourth-order valence-corrected chi connectivity index (χ4v) is 10.6. The first-order chi connectivity index (χ1) is 30.3. The molecule has 16 heteroatoms. The van der Waals surface area contributed by atoms with Crippen molar-refractivity contribution in [1.29, 1.82) is 0 Å². The van der Waals surface area contributed by atoms with Crippen LogP contribution in [-0.2, 0) is 44.5 Å². The highest BCUT2D eigenvalue weighted by Gasteiger charge is 2.63. The van der Waals surface area contributed by atoms with Crippen LogP contribution in [0, 0.1) is 11.8 Å². The maximum atomic E-state index is 14.6. The van der Waals surface area contributed by atoms with Gasteiger partial charge in [-0.1, -0.05) is 92.1 Å². The molecule has 2 unspecified atom stereocenters. The number of benzene rings is 2. The third-order valence-electron chi connectivity index (χ3n) is 12.0. The molecule has 2 aromatic rings. The van der Waals surface area contributed by atoms with Gasteiger partial charge in [0.2, 0.25) is 11.8 Å². The van der Waals surface area contributed by atoms with Gasteiger partial charge in [0.15, 0.2) is 0 Å². The third kappa shape index (κ3) is 13.3. The lowest BCUT2D eigenvalue weighted by Gasteiger charge is -2.36. The normalized spacial score (nSPS) is 27.2. The van der Waals surface area contributed by atoms with Crippen LogP contribution in [0.2, 0.25) is 0 Å². The minimum atomic E-state index is -1.04. The molecular formula is C48H65N3O11S2. The lowest BCUT2D eigenvalue weighted by molar-refractivity contribution is -0.157. The summed E-state index contributed by atoms with van der Waals surface area (Å²) in [5, 5.41) is 15.3.